The van der Waals surface area contributed by atoms with Gasteiger partial charge in [-0.1, -0.05) is 48.0 Å². The van der Waals surface area contributed by atoms with Crippen molar-refractivity contribution in [2.75, 3.05) is 0 Å². The van der Waals surface area contributed by atoms with Gasteiger partial charge in [-0.25, -0.2) is 0 Å². The van der Waals surface area contributed by atoms with E-state index in [1.54, 1.807) is 0 Å². The average molecular weight is 358 g/mol. The highest BCUT2D eigenvalue weighted by atomic mass is 79.9. The first kappa shape index (κ1) is 12.9. The fourth-order valence-corrected chi connectivity index (χ4v) is 3.50. The van der Waals surface area contributed by atoms with E-state index in [1.807, 2.05) is 36.4 Å². The molecular weight excluding hydrogens is 348 g/mol. The fourth-order valence-electron chi connectivity index (χ4n) is 2.61. The van der Waals surface area contributed by atoms with Crippen molar-refractivity contribution in [2.24, 2.45) is 0 Å². The van der Waals surface area contributed by atoms with Crippen molar-refractivity contribution in [1.82, 2.24) is 0 Å². The second kappa shape index (κ2) is 4.90. The lowest BCUT2D eigenvalue weighted by molar-refractivity contribution is 0.667. The first-order chi connectivity index (χ1) is 10.2. The summed E-state index contributed by atoms with van der Waals surface area (Å²) in [6, 6.07) is 20.4. The van der Waals surface area contributed by atoms with Gasteiger partial charge in [0.2, 0.25) is 0 Å². The number of benzene rings is 3. The van der Waals surface area contributed by atoms with Gasteiger partial charge < -0.3 is 4.42 Å². The molecule has 0 atom stereocenters. The van der Waals surface area contributed by atoms with Crippen molar-refractivity contribution in [3.05, 3.63) is 70.2 Å². The van der Waals surface area contributed by atoms with E-state index in [0.29, 0.717) is 5.02 Å². The minimum absolute atomic E-state index is 0.696. The number of furan rings is 1. The van der Waals surface area contributed by atoms with Crippen molar-refractivity contribution >= 4 is 49.5 Å². The number of hydrogen-bond acceptors (Lipinski definition) is 1. The maximum absolute atomic E-state index is 6.17. The first-order valence-electron chi connectivity index (χ1n) is 6.59. The van der Waals surface area contributed by atoms with Crippen molar-refractivity contribution < 1.29 is 4.42 Å². The van der Waals surface area contributed by atoms with Crippen LogP contribution in [0.3, 0.4) is 0 Å². The van der Waals surface area contributed by atoms with Gasteiger partial charge in [0.1, 0.15) is 11.2 Å². The normalized spacial score (nSPS) is 11.3. The smallest absolute Gasteiger partial charge is 0.149 e. The zero-order valence-corrected chi connectivity index (χ0v) is 13.3. The van der Waals surface area contributed by atoms with Crippen LogP contribution in [-0.2, 0) is 0 Å². The minimum atomic E-state index is 0.696. The Morgan fingerprint density at radius 1 is 0.810 bits per heavy atom. The summed E-state index contributed by atoms with van der Waals surface area (Å²) in [6.45, 7) is 0. The monoisotopic (exact) mass is 356 g/mol. The molecule has 0 aliphatic heterocycles. The minimum Gasteiger partial charge on any atom is -0.455 e. The third-order valence-corrected chi connectivity index (χ3v) is 4.40. The Kier molecular flexibility index (Phi) is 3.02. The average Bonchev–Trinajstić information content (AvgIpc) is 2.86. The molecule has 3 heteroatoms. The summed E-state index contributed by atoms with van der Waals surface area (Å²) in [7, 11) is 0. The van der Waals surface area contributed by atoms with Gasteiger partial charge in [-0.15, -0.1) is 0 Å². The van der Waals surface area contributed by atoms with Crippen LogP contribution in [0.1, 0.15) is 0 Å². The zero-order valence-electron chi connectivity index (χ0n) is 10.9. The van der Waals surface area contributed by atoms with Crippen LogP contribution in [0.5, 0.6) is 0 Å². The second-order valence-electron chi connectivity index (χ2n) is 4.94. The molecule has 0 saturated heterocycles. The molecule has 0 aliphatic rings. The summed E-state index contributed by atoms with van der Waals surface area (Å²) >= 11 is 9.68. The Balaban J connectivity index is 2.05. The highest BCUT2D eigenvalue weighted by Gasteiger charge is 2.12. The molecule has 3 aromatic carbocycles. The molecule has 4 rings (SSSR count). The topological polar surface area (TPSA) is 13.1 Å². The lowest BCUT2D eigenvalue weighted by atomic mass is 10.0. The quantitative estimate of drug-likeness (QED) is 0.371. The van der Waals surface area contributed by atoms with E-state index < -0.39 is 0 Å². The molecule has 0 N–H and O–H groups in total. The van der Waals surface area contributed by atoms with Crippen LogP contribution in [0.2, 0.25) is 5.02 Å². The lowest BCUT2D eigenvalue weighted by Gasteiger charge is -2.01. The molecule has 0 unspecified atom stereocenters. The molecule has 1 aromatic heterocycles. The van der Waals surface area contributed by atoms with Crippen LogP contribution in [0, 0.1) is 0 Å². The van der Waals surface area contributed by atoms with Crippen LogP contribution in [-0.4, -0.2) is 0 Å². The van der Waals surface area contributed by atoms with Crippen LogP contribution >= 0.6 is 27.5 Å². The Hall–Kier alpha value is -1.77. The lowest BCUT2D eigenvalue weighted by Crippen LogP contribution is -1.76. The first-order valence-corrected chi connectivity index (χ1v) is 7.76. The molecule has 0 amide bonds. The van der Waals surface area contributed by atoms with Crippen LogP contribution in [0.25, 0.3) is 33.1 Å². The molecule has 0 bridgehead atoms. The van der Waals surface area contributed by atoms with Crippen molar-refractivity contribution in [1.29, 1.82) is 0 Å². The van der Waals surface area contributed by atoms with Gasteiger partial charge in [0.15, 0.2) is 0 Å². The van der Waals surface area contributed by atoms with E-state index in [1.165, 1.54) is 11.1 Å². The van der Waals surface area contributed by atoms with E-state index in [9.17, 15) is 0 Å². The zero-order chi connectivity index (χ0) is 14.4. The summed E-state index contributed by atoms with van der Waals surface area (Å²) in [5, 5.41) is 2.80. The predicted molar refractivity (Wildman–Crippen MR) is 91.9 cm³/mol. The Bertz CT molecular complexity index is 957. The third kappa shape index (κ3) is 2.15. The van der Waals surface area contributed by atoms with Gasteiger partial charge >= 0.3 is 0 Å². The number of hydrogen-bond donors (Lipinski definition) is 0. The molecule has 102 valence electrons. The van der Waals surface area contributed by atoms with Crippen LogP contribution in [0.15, 0.2) is 69.6 Å². The highest BCUT2D eigenvalue weighted by molar-refractivity contribution is 9.10. The summed E-state index contributed by atoms with van der Waals surface area (Å²) in [6.07, 6.45) is 0. The predicted octanol–water partition coefficient (Wildman–Crippen LogP) is 6.67. The number of rotatable bonds is 1. The van der Waals surface area contributed by atoms with Gasteiger partial charge in [0.25, 0.3) is 0 Å². The molecule has 0 fully saturated rings. The SMILES string of the molecule is Clc1cc(Br)c2oc3ccc(-c4ccccc4)cc3c2c1. The van der Waals surface area contributed by atoms with E-state index in [2.05, 4.69) is 40.2 Å². The van der Waals surface area contributed by atoms with Crippen molar-refractivity contribution in [2.45, 2.75) is 0 Å². The summed E-state index contributed by atoms with van der Waals surface area (Å²) < 4.78 is 6.80. The number of fused-ring (bicyclic) bond motifs is 3. The maximum Gasteiger partial charge on any atom is 0.149 e. The molecule has 21 heavy (non-hydrogen) atoms. The molecule has 0 aliphatic carbocycles. The van der Waals surface area contributed by atoms with Crippen molar-refractivity contribution in [3.63, 3.8) is 0 Å². The van der Waals surface area contributed by atoms with E-state index in [-0.39, 0.29) is 0 Å². The summed E-state index contributed by atoms with van der Waals surface area (Å²) in [5.74, 6) is 0. The molecule has 1 heterocycles. The molecule has 1 nitrogen and oxygen atoms in total. The summed E-state index contributed by atoms with van der Waals surface area (Å²) in [4.78, 5) is 0. The number of halogens is 2. The Morgan fingerprint density at radius 2 is 1.62 bits per heavy atom. The molecular formula is C18H10BrClO. The summed E-state index contributed by atoms with van der Waals surface area (Å²) in [5.41, 5.74) is 4.06. The Labute approximate surface area is 135 Å². The second-order valence-corrected chi connectivity index (χ2v) is 6.23. The highest BCUT2D eigenvalue weighted by Crippen LogP contribution is 2.37. The van der Waals surface area contributed by atoms with Gasteiger partial charge in [0, 0.05) is 15.8 Å². The van der Waals surface area contributed by atoms with Crippen LogP contribution in [0.4, 0.5) is 0 Å². The fraction of sp³-hybridized carbons (Fsp3) is 0. The van der Waals surface area contributed by atoms with Crippen LogP contribution < -0.4 is 0 Å². The van der Waals surface area contributed by atoms with E-state index in [4.69, 9.17) is 16.0 Å². The molecule has 0 spiro atoms. The van der Waals surface area contributed by atoms with E-state index in [0.717, 1.165) is 26.4 Å². The third-order valence-electron chi connectivity index (χ3n) is 3.60. The maximum atomic E-state index is 6.17. The van der Waals surface area contributed by atoms with Gasteiger partial charge in [0.05, 0.1) is 4.47 Å². The molecule has 0 saturated carbocycles. The van der Waals surface area contributed by atoms with Gasteiger partial charge in [-0.3, -0.25) is 0 Å². The largest absolute Gasteiger partial charge is 0.455 e. The van der Waals surface area contributed by atoms with Gasteiger partial charge in [-0.2, -0.15) is 0 Å². The molecule has 0 radical (unpaired) electrons. The van der Waals surface area contributed by atoms with Crippen molar-refractivity contribution in [3.8, 4) is 11.1 Å². The standard InChI is InChI=1S/C18H10BrClO/c19-16-10-13(20)9-15-14-8-12(11-4-2-1-3-5-11)6-7-17(14)21-18(15)16/h1-10H. The molecule has 4 aromatic rings. The van der Waals surface area contributed by atoms with Gasteiger partial charge in [-0.05, 0) is 51.3 Å². The Morgan fingerprint density at radius 3 is 2.43 bits per heavy atom. The van der Waals surface area contributed by atoms with E-state index >= 15 is 0 Å².